The predicted molar refractivity (Wildman–Crippen MR) is 161 cm³/mol. The summed E-state index contributed by atoms with van der Waals surface area (Å²) in [7, 11) is -2.55. The van der Waals surface area contributed by atoms with Crippen LogP contribution in [0.4, 0.5) is 0 Å². The summed E-state index contributed by atoms with van der Waals surface area (Å²) in [6.45, 7) is 2.40. The van der Waals surface area contributed by atoms with Gasteiger partial charge in [0, 0.05) is 37.8 Å². The fourth-order valence-corrected chi connectivity index (χ4v) is 6.94. The number of rotatable bonds is 9. The third kappa shape index (κ3) is 6.29. The standard InChI is InChI=1S/C32H34N4O5S/c1-23(25-8-4-3-5-9-25)21-34-32(38)28-22-35(30(37)20-24-13-15-27(41-2)16-14-24)18-19-36(28)42(39,40)29-12-6-10-26-11-7-17-33-31(26)29/h3-17,23,28H,18-22H2,1-2H3,(H,34,38). The topological polar surface area (TPSA) is 109 Å². The summed E-state index contributed by atoms with van der Waals surface area (Å²) in [5, 5.41) is 3.64. The number of nitrogens with one attached hydrogen (secondary N) is 1. The van der Waals surface area contributed by atoms with Crippen LogP contribution in [0.2, 0.25) is 0 Å². The minimum atomic E-state index is -4.13. The molecule has 10 heteroatoms. The SMILES string of the molecule is COc1ccc(CC(=O)N2CCN(S(=O)(=O)c3cccc4cccnc34)C(C(=O)NCC(C)c3ccccc3)C2)cc1. The van der Waals surface area contributed by atoms with Gasteiger partial charge in [-0.2, -0.15) is 4.31 Å². The number of carbonyl (C=O) groups excluding carboxylic acids is 2. The molecule has 0 bridgehead atoms. The van der Waals surface area contributed by atoms with Crippen LogP contribution in [0.1, 0.15) is 24.0 Å². The second-order valence-corrected chi connectivity index (χ2v) is 12.2. The van der Waals surface area contributed by atoms with Gasteiger partial charge in [0.15, 0.2) is 0 Å². The van der Waals surface area contributed by atoms with Crippen LogP contribution in [0.25, 0.3) is 10.9 Å². The molecule has 0 radical (unpaired) electrons. The van der Waals surface area contributed by atoms with Crippen molar-refractivity contribution in [1.29, 1.82) is 0 Å². The van der Waals surface area contributed by atoms with E-state index < -0.39 is 22.0 Å². The first-order valence-corrected chi connectivity index (χ1v) is 15.3. The molecule has 2 amide bonds. The summed E-state index contributed by atoms with van der Waals surface area (Å²) in [5.41, 5.74) is 2.20. The number of fused-ring (bicyclic) bond motifs is 1. The molecule has 42 heavy (non-hydrogen) atoms. The fourth-order valence-electron chi connectivity index (χ4n) is 5.21. The van der Waals surface area contributed by atoms with Gasteiger partial charge in [0.25, 0.3) is 0 Å². The Morgan fingerprint density at radius 1 is 0.976 bits per heavy atom. The van der Waals surface area contributed by atoms with Gasteiger partial charge >= 0.3 is 0 Å². The van der Waals surface area contributed by atoms with Crippen LogP contribution in [-0.2, 0) is 26.0 Å². The van der Waals surface area contributed by atoms with Crippen molar-refractivity contribution in [2.24, 2.45) is 0 Å². The number of sulfonamides is 1. The van der Waals surface area contributed by atoms with Crippen LogP contribution in [-0.4, -0.2) is 73.8 Å². The van der Waals surface area contributed by atoms with Gasteiger partial charge in [0.1, 0.15) is 16.7 Å². The quantitative estimate of drug-likeness (QED) is 0.321. The Morgan fingerprint density at radius 3 is 2.45 bits per heavy atom. The molecule has 4 aromatic rings. The number of amides is 2. The van der Waals surface area contributed by atoms with Crippen molar-refractivity contribution in [3.05, 3.63) is 102 Å². The summed E-state index contributed by atoms with van der Waals surface area (Å²) in [4.78, 5) is 33.0. The zero-order valence-corrected chi connectivity index (χ0v) is 24.5. The van der Waals surface area contributed by atoms with Crippen molar-refractivity contribution in [1.82, 2.24) is 19.5 Å². The number of ether oxygens (including phenoxy) is 1. The van der Waals surface area contributed by atoms with Crippen LogP contribution >= 0.6 is 0 Å². The normalized spacial score (nSPS) is 16.6. The first kappa shape index (κ1) is 29.2. The van der Waals surface area contributed by atoms with Crippen molar-refractivity contribution in [2.75, 3.05) is 33.3 Å². The number of benzene rings is 3. The molecule has 1 aliphatic rings. The van der Waals surface area contributed by atoms with E-state index in [1.165, 1.54) is 10.4 Å². The highest BCUT2D eigenvalue weighted by molar-refractivity contribution is 7.89. The third-order valence-corrected chi connectivity index (χ3v) is 9.57. The third-order valence-electron chi connectivity index (χ3n) is 7.63. The van der Waals surface area contributed by atoms with Gasteiger partial charge in [0.2, 0.25) is 21.8 Å². The lowest BCUT2D eigenvalue weighted by Gasteiger charge is -2.39. The lowest BCUT2D eigenvalue weighted by Crippen LogP contribution is -2.61. The highest BCUT2D eigenvalue weighted by Crippen LogP contribution is 2.27. The molecule has 0 spiro atoms. The summed E-state index contributed by atoms with van der Waals surface area (Å²) in [5.74, 6) is 0.0734. The van der Waals surface area contributed by atoms with Gasteiger partial charge in [-0.15, -0.1) is 0 Å². The maximum Gasteiger partial charge on any atom is 0.246 e. The highest BCUT2D eigenvalue weighted by Gasteiger charge is 2.42. The van der Waals surface area contributed by atoms with Crippen molar-refractivity contribution in [2.45, 2.75) is 30.2 Å². The summed E-state index contributed by atoms with van der Waals surface area (Å²) >= 11 is 0. The molecule has 1 fully saturated rings. The van der Waals surface area contributed by atoms with E-state index in [4.69, 9.17) is 4.74 Å². The molecule has 3 aromatic carbocycles. The maximum absolute atomic E-state index is 14.1. The number of hydrogen-bond acceptors (Lipinski definition) is 6. The number of para-hydroxylation sites is 1. The van der Waals surface area contributed by atoms with Crippen molar-refractivity contribution >= 4 is 32.7 Å². The van der Waals surface area contributed by atoms with Crippen LogP contribution in [0, 0.1) is 0 Å². The molecule has 2 atom stereocenters. The van der Waals surface area contributed by atoms with Gasteiger partial charge in [-0.25, -0.2) is 8.42 Å². The lowest BCUT2D eigenvalue weighted by atomic mass is 10.0. The van der Waals surface area contributed by atoms with E-state index >= 15 is 0 Å². The van der Waals surface area contributed by atoms with E-state index in [1.807, 2.05) is 49.4 Å². The Labute approximate surface area is 246 Å². The van der Waals surface area contributed by atoms with Gasteiger partial charge in [-0.3, -0.25) is 14.6 Å². The summed E-state index contributed by atoms with van der Waals surface area (Å²) in [6.07, 6.45) is 1.68. The maximum atomic E-state index is 14.1. The summed E-state index contributed by atoms with van der Waals surface area (Å²) in [6, 6.07) is 24.4. The van der Waals surface area contributed by atoms with Crippen LogP contribution in [0.5, 0.6) is 5.75 Å². The number of aromatic nitrogens is 1. The van der Waals surface area contributed by atoms with Gasteiger partial charge < -0.3 is 15.0 Å². The van der Waals surface area contributed by atoms with Gasteiger partial charge in [-0.05, 0) is 41.3 Å². The molecular weight excluding hydrogens is 552 g/mol. The Morgan fingerprint density at radius 2 is 1.71 bits per heavy atom. The first-order valence-electron chi connectivity index (χ1n) is 13.9. The molecule has 2 heterocycles. The zero-order valence-electron chi connectivity index (χ0n) is 23.6. The smallest absolute Gasteiger partial charge is 0.246 e. The lowest BCUT2D eigenvalue weighted by molar-refractivity contribution is -0.135. The first-order chi connectivity index (χ1) is 20.3. The number of carbonyl (C=O) groups is 2. The molecule has 218 valence electrons. The van der Waals surface area contributed by atoms with Crippen LogP contribution < -0.4 is 10.1 Å². The van der Waals surface area contributed by atoms with Gasteiger partial charge in [-0.1, -0.05) is 67.6 Å². The monoisotopic (exact) mass is 586 g/mol. The molecule has 1 saturated heterocycles. The Balaban J connectivity index is 1.40. The second kappa shape index (κ2) is 12.7. The number of methoxy groups -OCH3 is 1. The van der Waals surface area contributed by atoms with E-state index in [-0.39, 0.29) is 42.8 Å². The average molecular weight is 587 g/mol. The number of piperazine rings is 1. The Hall–Kier alpha value is -4.28. The van der Waals surface area contributed by atoms with Crippen molar-refractivity contribution < 1.29 is 22.7 Å². The van der Waals surface area contributed by atoms with Crippen molar-refractivity contribution in [3.8, 4) is 5.75 Å². The van der Waals surface area contributed by atoms with Crippen molar-refractivity contribution in [3.63, 3.8) is 0 Å². The molecule has 2 unspecified atom stereocenters. The fraction of sp³-hybridized carbons (Fsp3) is 0.281. The molecular formula is C32H34N4O5S. The molecule has 1 aliphatic heterocycles. The van der Waals surface area contributed by atoms with Crippen LogP contribution in [0.3, 0.4) is 0 Å². The number of nitrogens with zero attached hydrogens (tertiary/aromatic N) is 3. The predicted octanol–water partition coefficient (Wildman–Crippen LogP) is 3.61. The molecule has 5 rings (SSSR count). The molecule has 9 nitrogen and oxygen atoms in total. The largest absolute Gasteiger partial charge is 0.497 e. The van der Waals surface area contributed by atoms with E-state index in [2.05, 4.69) is 10.3 Å². The van der Waals surface area contributed by atoms with E-state index in [1.54, 1.807) is 54.6 Å². The second-order valence-electron chi connectivity index (χ2n) is 10.4. The molecule has 0 saturated carbocycles. The molecule has 1 N–H and O–H groups in total. The minimum Gasteiger partial charge on any atom is -0.497 e. The average Bonchev–Trinajstić information content (AvgIpc) is 3.03. The molecule has 1 aromatic heterocycles. The molecule has 0 aliphatic carbocycles. The highest BCUT2D eigenvalue weighted by atomic mass is 32.2. The Bertz CT molecular complexity index is 1660. The van der Waals surface area contributed by atoms with Crippen LogP contribution in [0.15, 0.2) is 96.0 Å². The van der Waals surface area contributed by atoms with E-state index in [0.29, 0.717) is 23.2 Å². The van der Waals surface area contributed by atoms with E-state index in [9.17, 15) is 18.0 Å². The number of pyridine rings is 1. The minimum absolute atomic E-state index is 0.0128. The summed E-state index contributed by atoms with van der Waals surface area (Å²) < 4.78 is 34.6. The van der Waals surface area contributed by atoms with E-state index in [0.717, 1.165) is 11.1 Å². The van der Waals surface area contributed by atoms with Gasteiger partial charge in [0.05, 0.1) is 19.0 Å². The number of hydrogen-bond donors (Lipinski definition) is 1. The Kier molecular flexibility index (Phi) is 8.84. The zero-order chi connectivity index (χ0) is 29.7.